The van der Waals surface area contributed by atoms with Gasteiger partial charge < -0.3 is 10.1 Å². The molecule has 0 aliphatic rings. The van der Waals surface area contributed by atoms with Gasteiger partial charge in [0.2, 0.25) is 10.0 Å². The van der Waals surface area contributed by atoms with Crippen LogP contribution in [-0.4, -0.2) is 35.2 Å². The van der Waals surface area contributed by atoms with Crippen LogP contribution < -0.4 is 14.8 Å². The maximum absolute atomic E-state index is 12.2. The van der Waals surface area contributed by atoms with E-state index in [-0.39, 0.29) is 22.3 Å². The van der Waals surface area contributed by atoms with Gasteiger partial charge in [-0.2, -0.15) is 0 Å². The largest absolute Gasteiger partial charge is 0.495 e. The summed E-state index contributed by atoms with van der Waals surface area (Å²) in [6.07, 6.45) is 1.01. The first-order chi connectivity index (χ1) is 9.42. The first-order valence-electron chi connectivity index (χ1n) is 6.15. The summed E-state index contributed by atoms with van der Waals surface area (Å²) >= 11 is 9.18. The number of sulfonamides is 1. The Labute approximate surface area is 145 Å². The van der Waals surface area contributed by atoms with Crippen LogP contribution in [-0.2, 0) is 10.0 Å². The van der Waals surface area contributed by atoms with Crippen LogP contribution in [0.15, 0.2) is 21.5 Å². The molecule has 122 valence electrons. The van der Waals surface area contributed by atoms with Gasteiger partial charge in [-0.05, 0) is 41.0 Å². The van der Waals surface area contributed by atoms with Crippen LogP contribution in [0.1, 0.15) is 13.3 Å². The molecule has 0 unspecified atom stereocenters. The summed E-state index contributed by atoms with van der Waals surface area (Å²) in [5.74, 6) is 0.419. The second kappa shape index (κ2) is 9.86. The summed E-state index contributed by atoms with van der Waals surface area (Å²) in [5.41, 5.74) is 0. The lowest BCUT2D eigenvalue weighted by atomic mass is 10.3. The normalized spacial score (nSPS) is 11.0. The van der Waals surface area contributed by atoms with Gasteiger partial charge in [-0.1, -0.05) is 18.5 Å². The first kappa shape index (κ1) is 20.9. The Kier molecular flexibility index (Phi) is 9.84. The third-order valence-electron chi connectivity index (χ3n) is 2.52. The zero-order chi connectivity index (χ0) is 15.2. The van der Waals surface area contributed by atoms with Crippen LogP contribution >= 0.6 is 39.9 Å². The monoisotopic (exact) mass is 420 g/mol. The maximum Gasteiger partial charge on any atom is 0.241 e. The van der Waals surface area contributed by atoms with Crippen molar-refractivity contribution in [3.63, 3.8) is 0 Å². The molecule has 1 rings (SSSR count). The first-order valence-corrected chi connectivity index (χ1v) is 8.81. The van der Waals surface area contributed by atoms with E-state index in [1.54, 1.807) is 0 Å². The molecule has 0 radical (unpaired) electrons. The standard InChI is InChI=1S/C12H18BrClN2O3S.ClH/c1-3-4-15-5-6-16-20(17,18)12-8-10(14)11(19-2)7-9(12)13;/h7-8,15-16H,3-6H2,1-2H3;1H. The van der Waals surface area contributed by atoms with E-state index in [9.17, 15) is 8.42 Å². The molecule has 0 amide bonds. The second-order valence-corrected chi connectivity index (χ2v) is 7.06. The third-order valence-corrected chi connectivity index (χ3v) is 5.23. The number of nitrogens with one attached hydrogen (secondary N) is 2. The van der Waals surface area contributed by atoms with Crippen molar-refractivity contribution in [2.75, 3.05) is 26.7 Å². The van der Waals surface area contributed by atoms with Gasteiger partial charge in [0.25, 0.3) is 0 Å². The van der Waals surface area contributed by atoms with E-state index in [2.05, 4.69) is 26.0 Å². The molecular weight excluding hydrogens is 403 g/mol. The van der Waals surface area contributed by atoms with Crippen LogP contribution in [0.4, 0.5) is 0 Å². The lowest BCUT2D eigenvalue weighted by Gasteiger charge is -2.11. The minimum Gasteiger partial charge on any atom is -0.495 e. The summed E-state index contributed by atoms with van der Waals surface area (Å²) in [6.45, 7) is 3.81. The summed E-state index contributed by atoms with van der Waals surface area (Å²) < 4.78 is 32.3. The Morgan fingerprint density at radius 2 is 1.95 bits per heavy atom. The van der Waals surface area contributed by atoms with Crippen molar-refractivity contribution >= 4 is 50.0 Å². The Morgan fingerprint density at radius 1 is 1.29 bits per heavy atom. The number of benzene rings is 1. The van der Waals surface area contributed by atoms with Crippen molar-refractivity contribution in [2.45, 2.75) is 18.2 Å². The predicted octanol–water partition coefficient (Wildman–Crippen LogP) is 2.81. The molecule has 0 aliphatic heterocycles. The molecule has 9 heteroatoms. The van der Waals surface area contributed by atoms with E-state index in [4.69, 9.17) is 16.3 Å². The summed E-state index contributed by atoms with van der Waals surface area (Å²) in [5, 5.41) is 3.37. The van der Waals surface area contributed by atoms with Crippen molar-refractivity contribution < 1.29 is 13.2 Å². The number of hydrogen-bond donors (Lipinski definition) is 2. The van der Waals surface area contributed by atoms with Gasteiger partial charge in [0.15, 0.2) is 0 Å². The molecule has 0 saturated heterocycles. The molecular formula is C12H19BrCl2N2O3S. The Hall–Kier alpha value is -0.0500. The molecule has 1 aromatic carbocycles. The molecule has 0 aliphatic carbocycles. The molecule has 21 heavy (non-hydrogen) atoms. The van der Waals surface area contributed by atoms with Gasteiger partial charge >= 0.3 is 0 Å². The highest BCUT2D eigenvalue weighted by Crippen LogP contribution is 2.33. The van der Waals surface area contributed by atoms with Gasteiger partial charge in [-0.15, -0.1) is 12.4 Å². The molecule has 2 N–H and O–H groups in total. The van der Waals surface area contributed by atoms with Crippen LogP contribution in [0.5, 0.6) is 5.75 Å². The van der Waals surface area contributed by atoms with Crippen LogP contribution in [0.2, 0.25) is 5.02 Å². The van der Waals surface area contributed by atoms with Crippen molar-refractivity contribution in [1.82, 2.24) is 10.0 Å². The minimum absolute atomic E-state index is 0. The Morgan fingerprint density at radius 3 is 2.52 bits per heavy atom. The quantitative estimate of drug-likeness (QED) is 0.633. The lowest BCUT2D eigenvalue weighted by Crippen LogP contribution is -2.32. The second-order valence-electron chi connectivity index (χ2n) is 4.06. The summed E-state index contributed by atoms with van der Waals surface area (Å²) in [4.78, 5) is 0.0961. The van der Waals surface area contributed by atoms with Crippen molar-refractivity contribution in [3.8, 4) is 5.75 Å². The van der Waals surface area contributed by atoms with Gasteiger partial charge in [0.1, 0.15) is 5.75 Å². The fraction of sp³-hybridized carbons (Fsp3) is 0.500. The van der Waals surface area contributed by atoms with Gasteiger partial charge in [0, 0.05) is 17.6 Å². The molecule has 0 heterocycles. The zero-order valence-corrected chi connectivity index (χ0v) is 15.8. The molecule has 0 atom stereocenters. The predicted molar refractivity (Wildman–Crippen MR) is 91.3 cm³/mol. The third kappa shape index (κ3) is 6.30. The highest BCUT2D eigenvalue weighted by Gasteiger charge is 2.19. The van der Waals surface area contributed by atoms with E-state index >= 15 is 0 Å². The molecule has 0 fully saturated rings. The molecule has 0 saturated carbocycles. The fourth-order valence-corrected chi connectivity index (χ4v) is 3.91. The number of rotatable bonds is 8. The minimum atomic E-state index is -3.60. The van der Waals surface area contributed by atoms with Crippen molar-refractivity contribution in [2.24, 2.45) is 0 Å². The van der Waals surface area contributed by atoms with Crippen molar-refractivity contribution in [3.05, 3.63) is 21.6 Å². The number of hydrogen-bond acceptors (Lipinski definition) is 4. The molecule has 1 aromatic rings. The van der Waals surface area contributed by atoms with Crippen molar-refractivity contribution in [1.29, 1.82) is 0 Å². The average molecular weight is 422 g/mol. The smallest absolute Gasteiger partial charge is 0.241 e. The van der Waals surface area contributed by atoms with E-state index in [1.165, 1.54) is 19.2 Å². The average Bonchev–Trinajstić information content (AvgIpc) is 2.40. The van der Waals surface area contributed by atoms with Crippen LogP contribution in [0.25, 0.3) is 0 Å². The van der Waals surface area contributed by atoms with Gasteiger partial charge in [0.05, 0.1) is 17.0 Å². The van der Waals surface area contributed by atoms with E-state index in [0.29, 0.717) is 23.3 Å². The number of halogens is 3. The van der Waals surface area contributed by atoms with E-state index < -0.39 is 10.0 Å². The molecule has 0 spiro atoms. The van der Waals surface area contributed by atoms with Crippen LogP contribution in [0.3, 0.4) is 0 Å². The number of ether oxygens (including phenoxy) is 1. The highest BCUT2D eigenvalue weighted by atomic mass is 79.9. The van der Waals surface area contributed by atoms with Gasteiger partial charge in [-0.3, -0.25) is 0 Å². The zero-order valence-electron chi connectivity index (χ0n) is 11.8. The number of methoxy groups -OCH3 is 1. The van der Waals surface area contributed by atoms with E-state index in [1.807, 2.05) is 6.92 Å². The topological polar surface area (TPSA) is 67.4 Å². The molecule has 0 aromatic heterocycles. The van der Waals surface area contributed by atoms with Gasteiger partial charge in [-0.25, -0.2) is 13.1 Å². The fourth-order valence-electron chi connectivity index (χ4n) is 1.53. The summed E-state index contributed by atoms with van der Waals surface area (Å²) in [6, 6.07) is 2.90. The lowest BCUT2D eigenvalue weighted by molar-refractivity contribution is 0.414. The Balaban J connectivity index is 0.00000400. The maximum atomic E-state index is 12.2. The molecule has 5 nitrogen and oxygen atoms in total. The SMILES string of the molecule is CCCNCCNS(=O)(=O)c1cc(Cl)c(OC)cc1Br.Cl. The molecule has 0 bridgehead atoms. The van der Waals surface area contributed by atoms with Crippen LogP contribution in [0, 0.1) is 0 Å². The Bertz CT molecular complexity index is 556. The highest BCUT2D eigenvalue weighted by molar-refractivity contribution is 9.10. The summed E-state index contributed by atoms with van der Waals surface area (Å²) in [7, 11) is -2.13. The van der Waals surface area contributed by atoms with E-state index in [0.717, 1.165) is 13.0 Å².